The van der Waals surface area contributed by atoms with Crippen LogP contribution in [0.25, 0.3) is 6.08 Å². The first-order valence-electron chi connectivity index (χ1n) is 6.13. The van der Waals surface area contributed by atoms with E-state index in [1.54, 1.807) is 6.08 Å². The highest BCUT2D eigenvalue weighted by Crippen LogP contribution is 2.17. The summed E-state index contributed by atoms with van der Waals surface area (Å²) in [4.78, 5) is 0. The molecule has 0 saturated heterocycles. The van der Waals surface area contributed by atoms with E-state index in [9.17, 15) is 13.2 Å². The van der Waals surface area contributed by atoms with Crippen LogP contribution in [0.3, 0.4) is 0 Å². The van der Waals surface area contributed by atoms with E-state index in [0.717, 1.165) is 31.0 Å². The third kappa shape index (κ3) is 4.18. The van der Waals surface area contributed by atoms with Gasteiger partial charge < -0.3 is 5.32 Å². The highest BCUT2D eigenvalue weighted by atomic mass is 19.2. The molecule has 1 aromatic carbocycles. The highest BCUT2D eigenvalue weighted by Gasteiger charge is 2.08. The summed E-state index contributed by atoms with van der Waals surface area (Å²) >= 11 is 0. The molecule has 0 heterocycles. The Labute approximate surface area is 106 Å². The van der Waals surface area contributed by atoms with Crippen molar-refractivity contribution in [3.8, 4) is 0 Å². The van der Waals surface area contributed by atoms with Crippen LogP contribution < -0.4 is 5.32 Å². The van der Waals surface area contributed by atoms with Crippen molar-refractivity contribution in [2.75, 3.05) is 13.1 Å². The number of rotatable bonds is 6. The van der Waals surface area contributed by atoms with Gasteiger partial charge in [-0.2, -0.15) is 0 Å². The lowest BCUT2D eigenvalue weighted by Gasteiger charge is -2.07. The molecule has 0 bridgehead atoms. The Kier molecular flexibility index (Phi) is 5.92. The Balaban J connectivity index is 2.87. The molecular formula is C14H18F3N. The number of nitrogens with one attached hydrogen (secondary N) is 1. The summed E-state index contributed by atoms with van der Waals surface area (Å²) in [5.41, 5.74) is 1.04. The van der Waals surface area contributed by atoms with Gasteiger partial charge in [0.1, 0.15) is 5.82 Å². The van der Waals surface area contributed by atoms with Crippen molar-refractivity contribution in [1.29, 1.82) is 0 Å². The van der Waals surface area contributed by atoms with E-state index in [-0.39, 0.29) is 5.56 Å². The van der Waals surface area contributed by atoms with Crippen molar-refractivity contribution in [2.24, 2.45) is 0 Å². The summed E-state index contributed by atoms with van der Waals surface area (Å²) in [5.74, 6) is -2.93. The fourth-order valence-electron chi connectivity index (χ4n) is 1.57. The number of benzene rings is 1. The molecule has 0 radical (unpaired) electrons. The maximum atomic E-state index is 13.4. The van der Waals surface area contributed by atoms with Gasteiger partial charge in [-0.05, 0) is 25.5 Å². The monoisotopic (exact) mass is 257 g/mol. The molecule has 0 atom stereocenters. The van der Waals surface area contributed by atoms with E-state index in [1.165, 1.54) is 0 Å². The van der Waals surface area contributed by atoms with E-state index in [0.29, 0.717) is 12.6 Å². The van der Waals surface area contributed by atoms with Gasteiger partial charge in [0.25, 0.3) is 0 Å². The molecule has 1 nitrogen and oxygen atoms in total. The standard InChI is InChI=1S/C14H18F3N/c1-3-5-18-9-10(4-2)6-11-7-13(16)14(17)8-12(11)15/h6-8,18H,3-5,9H2,1-2H3/b10-6+. The maximum Gasteiger partial charge on any atom is 0.161 e. The van der Waals surface area contributed by atoms with Crippen molar-refractivity contribution >= 4 is 6.08 Å². The van der Waals surface area contributed by atoms with Gasteiger partial charge >= 0.3 is 0 Å². The Morgan fingerprint density at radius 1 is 1.11 bits per heavy atom. The zero-order valence-corrected chi connectivity index (χ0v) is 10.7. The third-order valence-corrected chi connectivity index (χ3v) is 2.63. The summed E-state index contributed by atoms with van der Waals surface area (Å²) in [6.07, 6.45) is 3.31. The number of hydrogen-bond donors (Lipinski definition) is 1. The molecule has 1 N–H and O–H groups in total. The zero-order valence-electron chi connectivity index (χ0n) is 10.7. The van der Waals surface area contributed by atoms with Gasteiger partial charge in [-0.3, -0.25) is 0 Å². The molecule has 0 unspecified atom stereocenters. The van der Waals surface area contributed by atoms with Gasteiger partial charge in [-0.1, -0.05) is 25.5 Å². The second-order valence-electron chi connectivity index (χ2n) is 4.12. The van der Waals surface area contributed by atoms with E-state index in [4.69, 9.17) is 0 Å². The molecule has 0 spiro atoms. The fraction of sp³-hybridized carbons (Fsp3) is 0.429. The van der Waals surface area contributed by atoms with Crippen molar-refractivity contribution in [3.63, 3.8) is 0 Å². The lowest BCUT2D eigenvalue weighted by atomic mass is 10.1. The van der Waals surface area contributed by atoms with Crippen LogP contribution in [0.4, 0.5) is 13.2 Å². The lowest BCUT2D eigenvalue weighted by molar-refractivity contribution is 0.494. The quantitative estimate of drug-likeness (QED) is 0.602. The predicted molar refractivity (Wildman–Crippen MR) is 67.7 cm³/mol. The summed E-state index contributed by atoms with van der Waals surface area (Å²) in [7, 11) is 0. The predicted octanol–water partition coefficient (Wildman–Crippen LogP) is 3.90. The van der Waals surface area contributed by atoms with E-state index < -0.39 is 17.5 Å². The van der Waals surface area contributed by atoms with Crippen LogP contribution in [0, 0.1) is 17.5 Å². The molecular weight excluding hydrogens is 239 g/mol. The Bertz CT molecular complexity index is 427. The summed E-state index contributed by atoms with van der Waals surface area (Å²) < 4.78 is 39.3. The van der Waals surface area contributed by atoms with Gasteiger partial charge in [0.05, 0.1) is 0 Å². The summed E-state index contributed by atoms with van der Waals surface area (Å²) in [6, 6.07) is 1.47. The van der Waals surface area contributed by atoms with Crippen LogP contribution in [0.15, 0.2) is 17.7 Å². The number of halogens is 3. The maximum absolute atomic E-state index is 13.4. The largest absolute Gasteiger partial charge is 0.313 e. The Morgan fingerprint density at radius 2 is 1.78 bits per heavy atom. The topological polar surface area (TPSA) is 12.0 Å². The Hall–Kier alpha value is -1.29. The third-order valence-electron chi connectivity index (χ3n) is 2.63. The van der Waals surface area contributed by atoms with Crippen LogP contribution in [0.5, 0.6) is 0 Å². The summed E-state index contributed by atoms with van der Waals surface area (Å²) in [5, 5.41) is 3.19. The van der Waals surface area contributed by atoms with Crippen molar-refractivity contribution in [1.82, 2.24) is 5.32 Å². The van der Waals surface area contributed by atoms with Crippen molar-refractivity contribution < 1.29 is 13.2 Å². The van der Waals surface area contributed by atoms with Crippen LogP contribution in [0.1, 0.15) is 32.3 Å². The SMILES string of the molecule is CCCNC/C(=C/c1cc(F)c(F)cc1F)CC. The summed E-state index contributed by atoms with van der Waals surface area (Å²) in [6.45, 7) is 5.50. The van der Waals surface area contributed by atoms with Gasteiger partial charge in [0.15, 0.2) is 11.6 Å². The van der Waals surface area contributed by atoms with Crippen molar-refractivity contribution in [2.45, 2.75) is 26.7 Å². The molecule has 100 valence electrons. The minimum atomic E-state index is -1.16. The van der Waals surface area contributed by atoms with Crippen LogP contribution in [-0.2, 0) is 0 Å². The van der Waals surface area contributed by atoms with E-state index >= 15 is 0 Å². The second-order valence-corrected chi connectivity index (χ2v) is 4.12. The first-order chi connectivity index (χ1) is 8.58. The normalized spacial score (nSPS) is 11.9. The lowest BCUT2D eigenvalue weighted by Crippen LogP contribution is -2.17. The number of hydrogen-bond acceptors (Lipinski definition) is 1. The molecule has 0 saturated carbocycles. The molecule has 18 heavy (non-hydrogen) atoms. The van der Waals surface area contributed by atoms with Gasteiger partial charge in [0, 0.05) is 18.2 Å². The molecule has 0 aromatic heterocycles. The van der Waals surface area contributed by atoms with Crippen LogP contribution in [-0.4, -0.2) is 13.1 Å². The minimum Gasteiger partial charge on any atom is -0.313 e. The molecule has 0 aliphatic rings. The molecule has 1 rings (SSSR count). The van der Waals surface area contributed by atoms with Gasteiger partial charge in [0.2, 0.25) is 0 Å². The first kappa shape index (κ1) is 14.8. The molecule has 4 heteroatoms. The van der Waals surface area contributed by atoms with Crippen LogP contribution >= 0.6 is 0 Å². The zero-order chi connectivity index (χ0) is 13.5. The van der Waals surface area contributed by atoms with E-state index in [2.05, 4.69) is 12.2 Å². The van der Waals surface area contributed by atoms with Gasteiger partial charge in [-0.15, -0.1) is 0 Å². The van der Waals surface area contributed by atoms with Gasteiger partial charge in [-0.25, -0.2) is 13.2 Å². The molecule has 0 amide bonds. The second kappa shape index (κ2) is 7.21. The Morgan fingerprint density at radius 3 is 2.39 bits per heavy atom. The minimum absolute atomic E-state index is 0.0871. The molecule has 1 aromatic rings. The fourth-order valence-corrected chi connectivity index (χ4v) is 1.57. The first-order valence-corrected chi connectivity index (χ1v) is 6.13. The average Bonchev–Trinajstić information content (AvgIpc) is 2.34. The smallest absolute Gasteiger partial charge is 0.161 e. The average molecular weight is 257 g/mol. The van der Waals surface area contributed by atoms with Crippen LogP contribution in [0.2, 0.25) is 0 Å². The molecule has 0 fully saturated rings. The van der Waals surface area contributed by atoms with E-state index in [1.807, 2.05) is 6.92 Å². The molecule has 0 aliphatic carbocycles. The van der Waals surface area contributed by atoms with Crippen molar-refractivity contribution in [3.05, 3.63) is 40.7 Å². The molecule has 0 aliphatic heterocycles. The highest BCUT2D eigenvalue weighted by molar-refractivity contribution is 5.54.